The van der Waals surface area contributed by atoms with Crippen molar-refractivity contribution in [1.29, 1.82) is 0 Å². The maximum absolute atomic E-state index is 12.6. The molecule has 0 aromatic heterocycles. The van der Waals surface area contributed by atoms with Gasteiger partial charge >= 0.3 is 0 Å². The first-order chi connectivity index (χ1) is 8.29. The minimum Gasteiger partial charge on any atom is -0.356 e. The molecule has 0 radical (unpaired) electrons. The largest absolute Gasteiger partial charge is 0.356 e. The molecule has 0 saturated heterocycles. The SMILES string of the molecule is CCCNC(=O)[C@]12CC[C@](C(Br)Br)([C@@H]1Br)C2(C)C. The van der Waals surface area contributed by atoms with Crippen molar-refractivity contribution in [3.63, 3.8) is 0 Å². The summed E-state index contributed by atoms with van der Waals surface area (Å²) in [6, 6.07) is 0. The molecule has 1 N–H and O–H groups in total. The highest BCUT2D eigenvalue weighted by Crippen LogP contribution is 2.82. The number of nitrogens with one attached hydrogen (secondary N) is 1. The summed E-state index contributed by atoms with van der Waals surface area (Å²) in [7, 11) is 0. The fraction of sp³-hybridized carbons (Fsp3) is 0.923. The third-order valence-electron chi connectivity index (χ3n) is 5.43. The molecule has 3 aliphatic carbocycles. The first-order valence-corrected chi connectivity index (χ1v) is 9.24. The molecule has 3 fully saturated rings. The summed E-state index contributed by atoms with van der Waals surface area (Å²) in [5.41, 5.74) is -0.123. The molecule has 1 amide bonds. The minimum absolute atomic E-state index is 0.00363. The van der Waals surface area contributed by atoms with Crippen molar-refractivity contribution in [1.82, 2.24) is 5.32 Å². The number of rotatable bonds is 4. The van der Waals surface area contributed by atoms with Crippen LogP contribution in [-0.4, -0.2) is 21.0 Å². The number of hydrogen-bond acceptors (Lipinski definition) is 1. The molecular weight excluding hydrogens is 426 g/mol. The number of hydrogen-bond donors (Lipinski definition) is 1. The third-order valence-corrected chi connectivity index (χ3v) is 8.66. The van der Waals surface area contributed by atoms with Gasteiger partial charge in [0, 0.05) is 16.8 Å². The van der Waals surface area contributed by atoms with Crippen LogP contribution in [-0.2, 0) is 4.79 Å². The van der Waals surface area contributed by atoms with Crippen LogP contribution in [0.25, 0.3) is 0 Å². The second kappa shape index (κ2) is 4.73. The number of carbonyl (C=O) groups is 1. The van der Waals surface area contributed by atoms with Crippen molar-refractivity contribution >= 4 is 53.7 Å². The lowest BCUT2D eigenvalue weighted by atomic mass is 9.43. The topological polar surface area (TPSA) is 29.1 Å². The van der Waals surface area contributed by atoms with Gasteiger partial charge in [0.05, 0.1) is 9.15 Å². The van der Waals surface area contributed by atoms with E-state index >= 15 is 0 Å². The van der Waals surface area contributed by atoms with Gasteiger partial charge in [0.1, 0.15) is 0 Å². The predicted octanol–water partition coefficient (Wildman–Crippen LogP) is 4.20. The summed E-state index contributed by atoms with van der Waals surface area (Å²) >= 11 is 11.2. The first-order valence-electron chi connectivity index (χ1n) is 6.49. The molecule has 3 rings (SSSR count). The van der Waals surface area contributed by atoms with Crippen molar-refractivity contribution in [3.05, 3.63) is 0 Å². The molecule has 5 heteroatoms. The Morgan fingerprint density at radius 2 is 2.00 bits per heavy atom. The fourth-order valence-corrected chi connectivity index (χ4v) is 9.01. The predicted molar refractivity (Wildman–Crippen MR) is 85.5 cm³/mol. The van der Waals surface area contributed by atoms with E-state index in [9.17, 15) is 4.79 Å². The lowest BCUT2D eigenvalue weighted by Crippen LogP contribution is -2.72. The molecule has 0 unspecified atom stereocenters. The van der Waals surface area contributed by atoms with Crippen LogP contribution >= 0.6 is 47.8 Å². The maximum atomic E-state index is 12.6. The fourth-order valence-electron chi connectivity index (χ4n) is 4.09. The zero-order valence-corrected chi connectivity index (χ0v) is 15.8. The van der Waals surface area contributed by atoms with Gasteiger partial charge in [-0.1, -0.05) is 68.6 Å². The van der Waals surface area contributed by atoms with Crippen molar-refractivity contribution < 1.29 is 4.79 Å². The van der Waals surface area contributed by atoms with Crippen LogP contribution in [0.3, 0.4) is 0 Å². The van der Waals surface area contributed by atoms with Gasteiger partial charge in [-0.3, -0.25) is 4.79 Å². The zero-order valence-electron chi connectivity index (χ0n) is 11.0. The van der Waals surface area contributed by atoms with E-state index in [2.05, 4.69) is 73.9 Å². The van der Waals surface area contributed by atoms with E-state index in [1.165, 1.54) is 0 Å². The average molecular weight is 446 g/mol. The Kier molecular flexibility index (Phi) is 4.02. The summed E-state index contributed by atoms with van der Waals surface area (Å²) in [4.78, 5) is 12.8. The summed E-state index contributed by atoms with van der Waals surface area (Å²) in [5.74, 6) is 0.227. The van der Waals surface area contributed by atoms with Crippen LogP contribution in [0.4, 0.5) is 0 Å². The van der Waals surface area contributed by atoms with E-state index in [1.54, 1.807) is 0 Å². The molecule has 0 aromatic rings. The van der Waals surface area contributed by atoms with Gasteiger partial charge < -0.3 is 5.32 Å². The smallest absolute Gasteiger partial charge is 0.227 e. The summed E-state index contributed by atoms with van der Waals surface area (Å²) in [5, 5.41) is 3.10. The van der Waals surface area contributed by atoms with E-state index in [-0.39, 0.29) is 30.7 Å². The zero-order chi connectivity index (χ0) is 13.8. The monoisotopic (exact) mass is 443 g/mol. The Labute approximate surface area is 134 Å². The van der Waals surface area contributed by atoms with Crippen LogP contribution in [0.2, 0.25) is 0 Å². The van der Waals surface area contributed by atoms with E-state index in [0.717, 1.165) is 25.8 Å². The second-order valence-corrected chi connectivity index (χ2v) is 10.0. The van der Waals surface area contributed by atoms with Crippen LogP contribution < -0.4 is 5.32 Å². The Hall–Kier alpha value is 0.910. The van der Waals surface area contributed by atoms with Crippen LogP contribution in [0.1, 0.15) is 40.0 Å². The maximum Gasteiger partial charge on any atom is 0.227 e. The molecule has 0 aromatic carbocycles. The third kappa shape index (κ3) is 1.47. The van der Waals surface area contributed by atoms with Crippen molar-refractivity contribution in [3.8, 4) is 0 Å². The van der Waals surface area contributed by atoms with Crippen molar-refractivity contribution in [2.75, 3.05) is 6.54 Å². The van der Waals surface area contributed by atoms with Gasteiger partial charge in [0.15, 0.2) is 0 Å². The molecule has 3 saturated carbocycles. The van der Waals surface area contributed by atoms with Crippen LogP contribution in [0.15, 0.2) is 0 Å². The lowest BCUT2D eigenvalue weighted by Gasteiger charge is -2.66. The van der Waals surface area contributed by atoms with Crippen LogP contribution in [0, 0.1) is 16.2 Å². The Morgan fingerprint density at radius 3 is 2.39 bits per heavy atom. The number of fused-ring (bicyclic) bond motifs is 1. The normalized spacial score (nSPS) is 40.7. The van der Waals surface area contributed by atoms with Crippen molar-refractivity contribution in [2.24, 2.45) is 16.2 Å². The number of halogens is 3. The van der Waals surface area contributed by atoms with Gasteiger partial charge in [-0.05, 0) is 24.7 Å². The van der Waals surface area contributed by atoms with Gasteiger partial charge in [-0.15, -0.1) is 0 Å². The number of alkyl halides is 3. The van der Waals surface area contributed by atoms with Gasteiger partial charge in [0.25, 0.3) is 0 Å². The van der Waals surface area contributed by atoms with Gasteiger partial charge in [-0.2, -0.15) is 0 Å². The molecule has 2 bridgehead atoms. The summed E-state index contributed by atoms with van der Waals surface area (Å²) < 4.78 is 0.242. The Bertz CT molecular complexity index is 371. The van der Waals surface area contributed by atoms with E-state index in [0.29, 0.717) is 0 Å². The first kappa shape index (κ1) is 15.3. The number of carbonyl (C=O) groups excluding carboxylic acids is 1. The standard InChI is InChI=1S/C13H20Br3NO/c1-4-7-17-10(18)13-6-5-12(8(13)14,9(15)16)11(13,2)3/h8-9H,4-7H2,1-3H3,(H,17,18)/t8-,12+,13-/m0/s1. The average Bonchev–Trinajstić information content (AvgIpc) is 2.75. The molecule has 104 valence electrons. The highest BCUT2D eigenvalue weighted by molar-refractivity contribution is 9.24. The van der Waals surface area contributed by atoms with Crippen LogP contribution in [0.5, 0.6) is 0 Å². The molecule has 3 atom stereocenters. The Balaban J connectivity index is 2.30. The van der Waals surface area contributed by atoms with E-state index in [1.807, 2.05) is 0 Å². The molecule has 0 spiro atoms. The second-order valence-electron chi connectivity index (χ2n) is 6.06. The van der Waals surface area contributed by atoms with E-state index < -0.39 is 0 Å². The van der Waals surface area contributed by atoms with Gasteiger partial charge in [0.2, 0.25) is 5.91 Å². The molecule has 3 aliphatic rings. The highest BCUT2D eigenvalue weighted by atomic mass is 79.9. The summed E-state index contributed by atoms with van der Waals surface area (Å²) in [6.45, 7) is 7.33. The molecule has 18 heavy (non-hydrogen) atoms. The molecule has 0 heterocycles. The quantitative estimate of drug-likeness (QED) is 0.645. The Morgan fingerprint density at radius 1 is 1.39 bits per heavy atom. The van der Waals surface area contributed by atoms with E-state index in [4.69, 9.17) is 0 Å². The minimum atomic E-state index is -0.248. The molecular formula is C13H20Br3NO. The molecule has 0 aliphatic heterocycles. The molecule has 2 nitrogen and oxygen atoms in total. The highest BCUT2D eigenvalue weighted by Gasteiger charge is 2.83. The number of amides is 1. The lowest BCUT2D eigenvalue weighted by molar-refractivity contribution is -0.161. The summed E-state index contributed by atoms with van der Waals surface area (Å²) in [6.07, 6.45) is 3.04. The van der Waals surface area contributed by atoms with Gasteiger partial charge in [-0.25, -0.2) is 0 Å². The van der Waals surface area contributed by atoms with Crippen molar-refractivity contribution in [2.45, 2.75) is 48.6 Å².